The van der Waals surface area contributed by atoms with Crippen molar-refractivity contribution in [2.45, 2.75) is 25.4 Å². The van der Waals surface area contributed by atoms with Gasteiger partial charge in [0.1, 0.15) is 5.65 Å². The van der Waals surface area contributed by atoms with Crippen LogP contribution in [0.2, 0.25) is 0 Å². The van der Waals surface area contributed by atoms with Crippen LogP contribution in [-0.2, 0) is 6.54 Å². The summed E-state index contributed by atoms with van der Waals surface area (Å²) >= 11 is 0. The van der Waals surface area contributed by atoms with E-state index in [1.54, 1.807) is 22.9 Å². The van der Waals surface area contributed by atoms with Gasteiger partial charge >= 0.3 is 0 Å². The van der Waals surface area contributed by atoms with Gasteiger partial charge in [-0.3, -0.25) is 9.20 Å². The monoisotopic (exact) mass is 336 g/mol. The van der Waals surface area contributed by atoms with Crippen molar-refractivity contribution < 1.29 is 0 Å². The minimum absolute atomic E-state index is 0.0489. The van der Waals surface area contributed by atoms with Crippen LogP contribution in [0, 0.1) is 0 Å². The van der Waals surface area contributed by atoms with Crippen LogP contribution in [0.25, 0.3) is 5.65 Å². The number of fused-ring (bicyclic) bond motifs is 1. The van der Waals surface area contributed by atoms with Crippen LogP contribution in [0.3, 0.4) is 0 Å². The van der Waals surface area contributed by atoms with Gasteiger partial charge in [-0.15, -0.1) is 5.10 Å². The smallest absolute Gasteiger partial charge is 0.258 e. The Balaban J connectivity index is 1.43. The topological polar surface area (TPSA) is 75.4 Å². The second-order valence-corrected chi connectivity index (χ2v) is 6.26. The van der Waals surface area contributed by atoms with Gasteiger partial charge in [0.05, 0.1) is 5.69 Å². The van der Waals surface area contributed by atoms with Gasteiger partial charge in [0, 0.05) is 44.1 Å². The summed E-state index contributed by atoms with van der Waals surface area (Å²) < 4.78 is 1.56. The third-order valence-corrected chi connectivity index (χ3v) is 4.50. The molecule has 1 atom stereocenters. The number of hydrogen-bond donors (Lipinski definition) is 1. The quantitative estimate of drug-likeness (QED) is 0.773. The van der Waals surface area contributed by atoms with Gasteiger partial charge in [-0.1, -0.05) is 6.07 Å². The fraction of sp³-hybridized carbons (Fsp3) is 0.333. The van der Waals surface area contributed by atoms with E-state index in [0.29, 0.717) is 18.2 Å². The normalized spacial score (nSPS) is 17.8. The Labute approximate surface area is 145 Å². The maximum absolute atomic E-state index is 12.2. The number of rotatable bonds is 4. The summed E-state index contributed by atoms with van der Waals surface area (Å²) in [6.07, 6.45) is 5.63. The Morgan fingerprint density at radius 2 is 2.20 bits per heavy atom. The molecule has 0 amide bonds. The highest BCUT2D eigenvalue weighted by Gasteiger charge is 2.20. The van der Waals surface area contributed by atoms with Gasteiger partial charge < -0.3 is 10.2 Å². The Kier molecular flexibility index (Phi) is 4.39. The van der Waals surface area contributed by atoms with E-state index in [0.717, 1.165) is 37.4 Å². The largest absolute Gasteiger partial charge is 0.354 e. The van der Waals surface area contributed by atoms with E-state index in [1.807, 2.05) is 30.3 Å². The predicted molar refractivity (Wildman–Crippen MR) is 95.6 cm³/mol. The summed E-state index contributed by atoms with van der Waals surface area (Å²) in [6, 6.07) is 11.4. The van der Waals surface area contributed by atoms with Crippen molar-refractivity contribution in [2.75, 3.05) is 18.0 Å². The fourth-order valence-corrected chi connectivity index (χ4v) is 3.26. The minimum atomic E-state index is -0.0489. The maximum Gasteiger partial charge on any atom is 0.258 e. The number of anilines is 1. The SMILES string of the molecule is O=c1cc(CNC2CCCN(c3cccnn3)C2)nc2ccccn12. The number of nitrogens with zero attached hydrogens (tertiary/aromatic N) is 5. The molecule has 1 aliphatic rings. The van der Waals surface area contributed by atoms with Gasteiger partial charge in [0.15, 0.2) is 5.82 Å². The summed E-state index contributed by atoms with van der Waals surface area (Å²) in [6.45, 7) is 2.46. The van der Waals surface area contributed by atoms with Crippen LogP contribution in [0.5, 0.6) is 0 Å². The van der Waals surface area contributed by atoms with Crippen LogP contribution in [0.4, 0.5) is 5.82 Å². The summed E-state index contributed by atoms with van der Waals surface area (Å²) in [7, 11) is 0. The lowest BCUT2D eigenvalue weighted by atomic mass is 10.1. The lowest BCUT2D eigenvalue weighted by molar-refractivity contribution is 0.417. The number of piperidine rings is 1. The first-order valence-corrected chi connectivity index (χ1v) is 8.53. The van der Waals surface area contributed by atoms with Gasteiger partial charge in [-0.2, -0.15) is 5.10 Å². The molecule has 128 valence electrons. The molecule has 0 aliphatic carbocycles. The Morgan fingerprint density at radius 1 is 1.24 bits per heavy atom. The molecular formula is C18H20N6O. The second-order valence-electron chi connectivity index (χ2n) is 6.26. The van der Waals surface area contributed by atoms with E-state index in [4.69, 9.17) is 0 Å². The summed E-state index contributed by atoms with van der Waals surface area (Å²) in [5.74, 6) is 0.913. The molecule has 0 saturated carbocycles. The lowest BCUT2D eigenvalue weighted by Gasteiger charge is -2.33. The zero-order chi connectivity index (χ0) is 17.1. The molecule has 4 heterocycles. The van der Waals surface area contributed by atoms with Gasteiger partial charge in [-0.05, 0) is 37.1 Å². The van der Waals surface area contributed by atoms with Crippen LogP contribution >= 0.6 is 0 Å². The summed E-state index contributed by atoms with van der Waals surface area (Å²) in [5, 5.41) is 11.7. The highest BCUT2D eigenvalue weighted by atomic mass is 16.1. The van der Waals surface area contributed by atoms with E-state index in [-0.39, 0.29) is 5.56 Å². The molecule has 3 aromatic rings. The molecule has 1 N–H and O–H groups in total. The molecule has 7 nitrogen and oxygen atoms in total. The number of aromatic nitrogens is 4. The third-order valence-electron chi connectivity index (χ3n) is 4.50. The number of hydrogen-bond acceptors (Lipinski definition) is 6. The van der Waals surface area contributed by atoms with Crippen LogP contribution in [0.15, 0.2) is 53.6 Å². The van der Waals surface area contributed by atoms with E-state index in [2.05, 4.69) is 25.4 Å². The number of pyridine rings is 1. The predicted octanol–water partition coefficient (Wildman–Crippen LogP) is 1.24. The Hall–Kier alpha value is -2.80. The first kappa shape index (κ1) is 15.7. The molecule has 25 heavy (non-hydrogen) atoms. The summed E-state index contributed by atoms with van der Waals surface area (Å²) in [4.78, 5) is 19.0. The highest BCUT2D eigenvalue weighted by Crippen LogP contribution is 2.16. The third kappa shape index (κ3) is 3.51. The van der Waals surface area contributed by atoms with Crippen molar-refractivity contribution in [1.82, 2.24) is 24.9 Å². The fourth-order valence-electron chi connectivity index (χ4n) is 3.26. The van der Waals surface area contributed by atoms with Gasteiger partial charge in [0.2, 0.25) is 0 Å². The van der Waals surface area contributed by atoms with Gasteiger partial charge in [-0.25, -0.2) is 4.98 Å². The van der Waals surface area contributed by atoms with Crippen molar-refractivity contribution in [3.63, 3.8) is 0 Å². The molecule has 0 spiro atoms. The highest BCUT2D eigenvalue weighted by molar-refractivity contribution is 5.38. The molecule has 7 heteroatoms. The first-order chi connectivity index (χ1) is 12.3. The van der Waals surface area contributed by atoms with Crippen LogP contribution in [0.1, 0.15) is 18.5 Å². The molecule has 0 aromatic carbocycles. The van der Waals surface area contributed by atoms with Crippen LogP contribution in [-0.4, -0.2) is 38.7 Å². The standard InChI is InChI=1S/C18H20N6O/c25-18-11-15(21-16-6-1-2-10-24(16)18)12-19-14-5-4-9-23(13-14)17-7-3-8-20-22-17/h1-3,6-8,10-11,14,19H,4-5,9,12-13H2. The Bertz CT molecular complexity index is 910. The maximum atomic E-state index is 12.2. The average Bonchev–Trinajstić information content (AvgIpc) is 2.67. The minimum Gasteiger partial charge on any atom is -0.354 e. The first-order valence-electron chi connectivity index (χ1n) is 8.53. The lowest BCUT2D eigenvalue weighted by Crippen LogP contribution is -2.46. The van der Waals surface area contributed by atoms with Crippen molar-refractivity contribution in [3.05, 3.63) is 64.8 Å². The molecule has 4 rings (SSSR count). The molecule has 1 fully saturated rings. The number of nitrogens with one attached hydrogen (secondary N) is 1. The molecule has 1 unspecified atom stereocenters. The second kappa shape index (κ2) is 6.98. The van der Waals surface area contributed by atoms with Gasteiger partial charge in [0.25, 0.3) is 5.56 Å². The Morgan fingerprint density at radius 3 is 3.08 bits per heavy atom. The molecule has 1 aliphatic heterocycles. The van der Waals surface area contributed by atoms with E-state index >= 15 is 0 Å². The average molecular weight is 336 g/mol. The van der Waals surface area contributed by atoms with E-state index in [9.17, 15) is 4.79 Å². The van der Waals surface area contributed by atoms with E-state index < -0.39 is 0 Å². The zero-order valence-electron chi connectivity index (χ0n) is 13.9. The zero-order valence-corrected chi connectivity index (χ0v) is 13.9. The van der Waals surface area contributed by atoms with E-state index in [1.165, 1.54) is 0 Å². The molecular weight excluding hydrogens is 316 g/mol. The summed E-state index contributed by atoms with van der Waals surface area (Å²) in [5.41, 5.74) is 1.40. The molecule has 0 radical (unpaired) electrons. The molecule has 1 saturated heterocycles. The van der Waals surface area contributed by atoms with Crippen molar-refractivity contribution >= 4 is 11.5 Å². The van der Waals surface area contributed by atoms with Crippen molar-refractivity contribution in [1.29, 1.82) is 0 Å². The van der Waals surface area contributed by atoms with Crippen LogP contribution < -0.4 is 15.8 Å². The molecule has 3 aromatic heterocycles. The molecule has 0 bridgehead atoms. The van der Waals surface area contributed by atoms with Crippen molar-refractivity contribution in [3.8, 4) is 0 Å². The van der Waals surface area contributed by atoms with Crippen molar-refractivity contribution in [2.24, 2.45) is 0 Å².